The summed E-state index contributed by atoms with van der Waals surface area (Å²) in [5, 5.41) is 10.7. The molecular formula is C88H172O17P2. The summed E-state index contributed by atoms with van der Waals surface area (Å²) in [6.45, 7) is 9.78. The van der Waals surface area contributed by atoms with E-state index in [2.05, 4.69) is 41.5 Å². The van der Waals surface area contributed by atoms with Crippen molar-refractivity contribution in [1.29, 1.82) is 0 Å². The minimum atomic E-state index is -4.97. The van der Waals surface area contributed by atoms with Gasteiger partial charge in [-0.25, -0.2) is 9.13 Å². The summed E-state index contributed by atoms with van der Waals surface area (Å²) in [7, 11) is -9.93. The second kappa shape index (κ2) is 79.3. The van der Waals surface area contributed by atoms with Gasteiger partial charge in [-0.1, -0.05) is 420 Å². The third-order valence-electron chi connectivity index (χ3n) is 21.1. The van der Waals surface area contributed by atoms with E-state index in [1.807, 2.05) is 0 Å². The number of aliphatic hydroxyl groups excluding tert-OH is 1. The molecule has 0 fully saturated rings. The van der Waals surface area contributed by atoms with Crippen molar-refractivity contribution in [1.82, 2.24) is 0 Å². The molecule has 6 atom stereocenters. The van der Waals surface area contributed by atoms with E-state index < -0.39 is 97.5 Å². The number of carbonyl (C=O) groups excluding carboxylic acids is 4. The van der Waals surface area contributed by atoms with Gasteiger partial charge < -0.3 is 33.8 Å². The SMILES string of the molecule is CCCCCCCCCCCCCCCCCCC(=O)O[C@H](COC(=O)CCCCCCCCCCCCC)COP(=O)(O)OC[C@H](O)COP(=O)(O)OC[C@@H](COC(=O)CCCCCCCCCCCCCCCCCC(C)C)OC(=O)CCCCCCCCCCCCCCCCCCCCC(C)CC. The number of ether oxygens (including phenoxy) is 4. The Labute approximate surface area is 658 Å². The summed E-state index contributed by atoms with van der Waals surface area (Å²) < 4.78 is 69.0. The first-order valence-electron chi connectivity index (χ1n) is 45.5. The Morgan fingerprint density at radius 3 is 0.710 bits per heavy atom. The topological polar surface area (TPSA) is 237 Å². The molecule has 107 heavy (non-hydrogen) atoms. The predicted octanol–water partition coefficient (Wildman–Crippen LogP) is 27.0. The lowest BCUT2D eigenvalue weighted by atomic mass is 9.99. The highest BCUT2D eigenvalue weighted by molar-refractivity contribution is 7.47. The first-order chi connectivity index (χ1) is 51.9. The summed E-state index contributed by atoms with van der Waals surface area (Å²) >= 11 is 0. The van der Waals surface area contributed by atoms with Crippen molar-refractivity contribution >= 4 is 39.5 Å². The Balaban J connectivity index is 5.23. The highest BCUT2D eigenvalue weighted by Crippen LogP contribution is 2.45. The molecule has 0 aliphatic carbocycles. The van der Waals surface area contributed by atoms with Crippen LogP contribution in [-0.4, -0.2) is 96.7 Å². The zero-order chi connectivity index (χ0) is 78.5. The highest BCUT2D eigenvalue weighted by atomic mass is 31.2. The minimum absolute atomic E-state index is 0.109. The zero-order valence-corrected chi connectivity index (χ0v) is 72.2. The van der Waals surface area contributed by atoms with Crippen molar-refractivity contribution in [3.63, 3.8) is 0 Å². The Bertz CT molecular complexity index is 2050. The van der Waals surface area contributed by atoms with E-state index in [1.54, 1.807) is 0 Å². The molecule has 0 amide bonds. The molecule has 0 aromatic heterocycles. The highest BCUT2D eigenvalue weighted by Gasteiger charge is 2.31. The molecule has 0 heterocycles. The molecule has 0 radical (unpaired) electrons. The number of esters is 4. The lowest BCUT2D eigenvalue weighted by molar-refractivity contribution is -0.161. The van der Waals surface area contributed by atoms with Crippen LogP contribution in [0, 0.1) is 11.8 Å². The molecule has 0 spiro atoms. The summed E-state index contributed by atoms with van der Waals surface area (Å²) in [5.74, 6) is -0.420. The summed E-state index contributed by atoms with van der Waals surface area (Å²) in [5.41, 5.74) is 0. The maximum Gasteiger partial charge on any atom is 0.472 e. The van der Waals surface area contributed by atoms with Gasteiger partial charge in [0.15, 0.2) is 12.2 Å². The average Bonchev–Trinajstić information content (AvgIpc) is 0.904. The maximum absolute atomic E-state index is 13.2. The number of hydrogen-bond donors (Lipinski definition) is 3. The van der Waals surface area contributed by atoms with Crippen molar-refractivity contribution in [3.8, 4) is 0 Å². The van der Waals surface area contributed by atoms with Crippen molar-refractivity contribution in [3.05, 3.63) is 0 Å². The van der Waals surface area contributed by atoms with E-state index in [0.717, 1.165) is 102 Å². The molecule has 3 unspecified atom stereocenters. The van der Waals surface area contributed by atoms with Gasteiger partial charge in [0.05, 0.1) is 26.4 Å². The quantitative estimate of drug-likeness (QED) is 0.0222. The van der Waals surface area contributed by atoms with Crippen molar-refractivity contribution in [2.75, 3.05) is 39.6 Å². The van der Waals surface area contributed by atoms with Crippen LogP contribution in [0.2, 0.25) is 0 Å². The fourth-order valence-corrected chi connectivity index (χ4v) is 15.3. The molecule has 0 aromatic rings. The molecule has 19 heteroatoms. The van der Waals surface area contributed by atoms with Crippen LogP contribution in [0.4, 0.5) is 0 Å². The van der Waals surface area contributed by atoms with E-state index in [-0.39, 0.29) is 25.7 Å². The second-order valence-corrected chi connectivity index (χ2v) is 35.3. The van der Waals surface area contributed by atoms with E-state index in [9.17, 15) is 43.2 Å². The van der Waals surface area contributed by atoms with Crippen LogP contribution >= 0.6 is 15.6 Å². The standard InChI is InChI=1S/C88H172O17P2/c1-7-10-12-14-16-18-20-21-22-30-36-42-48-54-60-66-72-87(92)104-83(76-98-85(90)70-64-58-52-46-38-19-17-15-13-11-8-2)78-102-106(94,95)100-74-82(89)75-101-107(96,97)103-79-84(77-99-86(91)71-65-59-53-47-41-35-32-27-28-33-39-44-50-56-62-68-80(4)5)105-88(93)73-67-61-55-49-43-37-31-26-24-23-25-29-34-40-45-51-57-63-69-81(6)9-3/h80-84,89H,7-79H2,1-6H3,(H,94,95)(H,96,97)/t81?,82-,83+,84+/m0/s1. The first kappa shape index (κ1) is 105. The van der Waals surface area contributed by atoms with Crippen LogP contribution in [0.3, 0.4) is 0 Å². The van der Waals surface area contributed by atoms with Gasteiger partial charge in [-0.15, -0.1) is 0 Å². The van der Waals surface area contributed by atoms with Gasteiger partial charge in [-0.3, -0.25) is 37.3 Å². The fourth-order valence-electron chi connectivity index (χ4n) is 13.7. The van der Waals surface area contributed by atoms with Gasteiger partial charge in [0, 0.05) is 25.7 Å². The van der Waals surface area contributed by atoms with E-state index in [0.29, 0.717) is 25.7 Å². The van der Waals surface area contributed by atoms with Crippen LogP contribution in [0.5, 0.6) is 0 Å². The molecule has 0 aromatic carbocycles. The fraction of sp³-hybridized carbons (Fsp3) is 0.955. The van der Waals surface area contributed by atoms with Gasteiger partial charge in [-0.05, 0) is 37.5 Å². The number of rotatable bonds is 87. The van der Waals surface area contributed by atoms with Crippen LogP contribution < -0.4 is 0 Å². The second-order valence-electron chi connectivity index (χ2n) is 32.4. The van der Waals surface area contributed by atoms with Crippen LogP contribution in [0.1, 0.15) is 472 Å². The Morgan fingerprint density at radius 1 is 0.271 bits per heavy atom. The largest absolute Gasteiger partial charge is 0.472 e. The summed E-state index contributed by atoms with van der Waals surface area (Å²) in [4.78, 5) is 73.3. The van der Waals surface area contributed by atoms with Gasteiger partial charge >= 0.3 is 39.5 Å². The van der Waals surface area contributed by atoms with Crippen molar-refractivity contribution in [2.24, 2.45) is 11.8 Å². The lowest BCUT2D eigenvalue weighted by Gasteiger charge is -2.21. The Kier molecular flexibility index (Phi) is 77.9. The van der Waals surface area contributed by atoms with E-state index in [4.69, 9.17) is 37.0 Å². The third kappa shape index (κ3) is 80.5. The van der Waals surface area contributed by atoms with Gasteiger partial charge in [0.25, 0.3) is 0 Å². The van der Waals surface area contributed by atoms with Crippen molar-refractivity contribution < 1.29 is 80.2 Å². The molecule has 0 saturated heterocycles. The lowest BCUT2D eigenvalue weighted by Crippen LogP contribution is -2.30. The van der Waals surface area contributed by atoms with Crippen LogP contribution in [0.25, 0.3) is 0 Å². The molecule has 0 saturated carbocycles. The summed E-state index contributed by atoms with van der Waals surface area (Å²) in [6, 6.07) is 0. The van der Waals surface area contributed by atoms with E-state index in [1.165, 1.54) is 289 Å². The normalized spacial score (nSPS) is 14.0. The number of carbonyl (C=O) groups is 4. The van der Waals surface area contributed by atoms with Gasteiger partial charge in [0.1, 0.15) is 19.3 Å². The molecule has 0 bridgehead atoms. The van der Waals surface area contributed by atoms with Gasteiger partial charge in [-0.2, -0.15) is 0 Å². The molecule has 636 valence electrons. The van der Waals surface area contributed by atoms with Crippen LogP contribution in [0.15, 0.2) is 0 Å². The molecular weight excluding hydrogens is 1390 g/mol. The maximum atomic E-state index is 13.2. The van der Waals surface area contributed by atoms with Crippen LogP contribution in [-0.2, 0) is 65.4 Å². The number of phosphoric ester groups is 2. The smallest absolute Gasteiger partial charge is 0.462 e. The Morgan fingerprint density at radius 2 is 0.477 bits per heavy atom. The molecule has 0 aliphatic rings. The molecule has 0 rings (SSSR count). The number of phosphoric acid groups is 2. The molecule has 17 nitrogen and oxygen atoms in total. The number of unbranched alkanes of at least 4 members (excludes halogenated alkanes) is 56. The van der Waals surface area contributed by atoms with E-state index >= 15 is 0 Å². The van der Waals surface area contributed by atoms with Crippen molar-refractivity contribution in [2.45, 2.75) is 490 Å². The molecule has 0 aliphatic heterocycles. The summed E-state index contributed by atoms with van der Waals surface area (Å²) in [6.07, 6.45) is 72.1. The number of aliphatic hydroxyl groups is 1. The minimum Gasteiger partial charge on any atom is -0.462 e. The monoisotopic (exact) mass is 1560 g/mol. The molecule has 3 N–H and O–H groups in total. The average molecular weight is 1560 g/mol. The van der Waals surface area contributed by atoms with Gasteiger partial charge in [0.2, 0.25) is 0 Å². The Hall–Kier alpha value is -1.94. The predicted molar refractivity (Wildman–Crippen MR) is 442 cm³/mol. The zero-order valence-electron chi connectivity index (χ0n) is 70.5. The third-order valence-corrected chi connectivity index (χ3v) is 23.0. The number of hydrogen-bond acceptors (Lipinski definition) is 15. The first-order valence-corrected chi connectivity index (χ1v) is 48.5.